The van der Waals surface area contributed by atoms with Gasteiger partial charge in [-0.05, 0) is 48.5 Å². The van der Waals surface area contributed by atoms with Crippen molar-refractivity contribution in [3.8, 4) is 17.2 Å². The molecule has 1 aromatic heterocycles. The van der Waals surface area contributed by atoms with Gasteiger partial charge in [0.05, 0.1) is 0 Å². The third-order valence-electron chi connectivity index (χ3n) is 3.32. The first-order valence-electron chi connectivity index (χ1n) is 7.64. The van der Waals surface area contributed by atoms with Crippen LogP contribution in [0.25, 0.3) is 0 Å². The van der Waals surface area contributed by atoms with Crippen molar-refractivity contribution < 1.29 is 23.0 Å². The van der Waals surface area contributed by atoms with Crippen LogP contribution in [-0.2, 0) is 0 Å². The van der Waals surface area contributed by atoms with E-state index in [9.17, 15) is 13.6 Å². The molecule has 0 aliphatic heterocycles. The second-order valence-corrected chi connectivity index (χ2v) is 5.17. The summed E-state index contributed by atoms with van der Waals surface area (Å²) in [6.07, 6.45) is 3.23. The summed E-state index contributed by atoms with van der Waals surface area (Å²) in [5, 5.41) is 2.72. The number of benzene rings is 2. The number of halogens is 2. The minimum atomic E-state index is -2.90. The number of hydrogen-bond acceptors (Lipinski definition) is 4. The standard InChI is InChI=1S/C19H14F2N2O3/c20-19(21)26-15-6-4-13(5-7-15)18(24)23-14-2-1-3-17(12-14)25-16-8-10-22-11-9-16/h1-12,19H,(H,23,24). The van der Waals surface area contributed by atoms with Crippen molar-refractivity contribution in [2.75, 3.05) is 5.32 Å². The van der Waals surface area contributed by atoms with E-state index in [4.69, 9.17) is 4.74 Å². The van der Waals surface area contributed by atoms with E-state index in [0.717, 1.165) is 0 Å². The molecule has 1 N–H and O–H groups in total. The van der Waals surface area contributed by atoms with Crippen LogP contribution in [0.5, 0.6) is 17.2 Å². The maximum absolute atomic E-state index is 12.3. The van der Waals surface area contributed by atoms with Gasteiger partial charge in [0.25, 0.3) is 5.91 Å². The zero-order chi connectivity index (χ0) is 18.4. The highest BCUT2D eigenvalue weighted by Gasteiger charge is 2.09. The van der Waals surface area contributed by atoms with Crippen LogP contribution >= 0.6 is 0 Å². The summed E-state index contributed by atoms with van der Waals surface area (Å²) in [7, 11) is 0. The molecule has 1 heterocycles. The van der Waals surface area contributed by atoms with Crippen molar-refractivity contribution >= 4 is 11.6 Å². The number of pyridine rings is 1. The zero-order valence-electron chi connectivity index (χ0n) is 13.4. The molecule has 0 aliphatic rings. The van der Waals surface area contributed by atoms with Crippen LogP contribution in [0, 0.1) is 0 Å². The number of anilines is 1. The fourth-order valence-electron chi connectivity index (χ4n) is 2.17. The number of nitrogens with one attached hydrogen (secondary N) is 1. The summed E-state index contributed by atoms with van der Waals surface area (Å²) in [6, 6.07) is 15.8. The molecule has 0 bridgehead atoms. The van der Waals surface area contributed by atoms with Gasteiger partial charge >= 0.3 is 6.61 Å². The SMILES string of the molecule is O=C(Nc1cccc(Oc2ccncc2)c1)c1ccc(OC(F)F)cc1. The monoisotopic (exact) mass is 356 g/mol. The van der Waals surface area contributed by atoms with Gasteiger partial charge in [0.1, 0.15) is 17.2 Å². The van der Waals surface area contributed by atoms with Gasteiger partial charge in [-0.2, -0.15) is 8.78 Å². The van der Waals surface area contributed by atoms with Crippen molar-refractivity contribution in [2.45, 2.75) is 6.61 Å². The van der Waals surface area contributed by atoms with E-state index in [1.54, 1.807) is 48.8 Å². The van der Waals surface area contributed by atoms with Crippen LogP contribution < -0.4 is 14.8 Å². The number of aromatic nitrogens is 1. The number of rotatable bonds is 6. The molecule has 0 radical (unpaired) electrons. The molecule has 7 heteroatoms. The molecule has 132 valence electrons. The fourth-order valence-corrected chi connectivity index (χ4v) is 2.17. The number of carbonyl (C=O) groups excluding carboxylic acids is 1. The second kappa shape index (κ2) is 8.06. The number of hydrogen-bond donors (Lipinski definition) is 1. The summed E-state index contributed by atoms with van der Waals surface area (Å²) < 4.78 is 34.2. The van der Waals surface area contributed by atoms with Gasteiger partial charge < -0.3 is 14.8 Å². The Morgan fingerprint density at radius 1 is 0.923 bits per heavy atom. The summed E-state index contributed by atoms with van der Waals surface area (Å²) in [5.74, 6) is 0.784. The molecule has 0 unspecified atom stereocenters. The fraction of sp³-hybridized carbons (Fsp3) is 0.0526. The molecule has 0 atom stereocenters. The van der Waals surface area contributed by atoms with Gasteiger partial charge in [0, 0.05) is 29.7 Å². The number of ether oxygens (including phenoxy) is 2. The van der Waals surface area contributed by atoms with Gasteiger partial charge in [-0.3, -0.25) is 9.78 Å². The zero-order valence-corrected chi connectivity index (χ0v) is 13.4. The lowest BCUT2D eigenvalue weighted by atomic mass is 10.2. The van der Waals surface area contributed by atoms with E-state index >= 15 is 0 Å². The Balaban J connectivity index is 1.66. The van der Waals surface area contributed by atoms with Crippen LogP contribution in [0.3, 0.4) is 0 Å². The van der Waals surface area contributed by atoms with Crippen LogP contribution in [0.4, 0.5) is 14.5 Å². The Hall–Kier alpha value is -3.48. The molecule has 0 saturated heterocycles. The second-order valence-electron chi connectivity index (χ2n) is 5.17. The van der Waals surface area contributed by atoms with Gasteiger partial charge in [-0.15, -0.1) is 0 Å². The third-order valence-corrected chi connectivity index (χ3v) is 3.32. The molecular formula is C19H14F2N2O3. The highest BCUT2D eigenvalue weighted by molar-refractivity contribution is 6.04. The third kappa shape index (κ3) is 4.76. The van der Waals surface area contributed by atoms with E-state index in [0.29, 0.717) is 22.7 Å². The molecular weight excluding hydrogens is 342 g/mol. The predicted molar refractivity (Wildman–Crippen MR) is 91.8 cm³/mol. The molecule has 0 saturated carbocycles. The maximum Gasteiger partial charge on any atom is 0.387 e. The van der Waals surface area contributed by atoms with Crippen molar-refractivity contribution in [1.29, 1.82) is 0 Å². The molecule has 26 heavy (non-hydrogen) atoms. The first-order valence-corrected chi connectivity index (χ1v) is 7.64. The summed E-state index contributed by atoms with van der Waals surface area (Å²) in [6.45, 7) is -2.90. The maximum atomic E-state index is 12.3. The minimum absolute atomic E-state index is 0.00991. The lowest BCUT2D eigenvalue weighted by Crippen LogP contribution is -2.12. The number of alkyl halides is 2. The number of carbonyl (C=O) groups is 1. The summed E-state index contributed by atoms with van der Waals surface area (Å²) >= 11 is 0. The average Bonchev–Trinajstić information content (AvgIpc) is 2.63. The van der Waals surface area contributed by atoms with Crippen molar-refractivity contribution in [2.24, 2.45) is 0 Å². The van der Waals surface area contributed by atoms with Crippen LogP contribution in [0.15, 0.2) is 73.1 Å². The van der Waals surface area contributed by atoms with E-state index in [2.05, 4.69) is 15.0 Å². The highest BCUT2D eigenvalue weighted by atomic mass is 19.3. The summed E-state index contributed by atoms with van der Waals surface area (Å²) in [5.41, 5.74) is 0.849. The van der Waals surface area contributed by atoms with Gasteiger partial charge in [-0.1, -0.05) is 6.07 Å². The first-order chi connectivity index (χ1) is 12.6. The van der Waals surface area contributed by atoms with Crippen LogP contribution in [0.2, 0.25) is 0 Å². The molecule has 0 spiro atoms. The molecule has 0 aliphatic carbocycles. The van der Waals surface area contributed by atoms with Gasteiger partial charge in [0.2, 0.25) is 0 Å². The van der Waals surface area contributed by atoms with E-state index < -0.39 is 6.61 Å². The number of nitrogens with zero attached hydrogens (tertiary/aromatic N) is 1. The Bertz CT molecular complexity index is 871. The Kier molecular flexibility index (Phi) is 5.38. The van der Waals surface area contributed by atoms with Gasteiger partial charge in [0.15, 0.2) is 0 Å². The first kappa shape index (κ1) is 17.3. The predicted octanol–water partition coefficient (Wildman–Crippen LogP) is 4.73. The van der Waals surface area contributed by atoms with Crippen molar-refractivity contribution in [1.82, 2.24) is 4.98 Å². The van der Waals surface area contributed by atoms with E-state index in [-0.39, 0.29) is 11.7 Å². The molecule has 3 rings (SSSR count). The van der Waals surface area contributed by atoms with Crippen LogP contribution in [-0.4, -0.2) is 17.5 Å². The topological polar surface area (TPSA) is 60.5 Å². The van der Waals surface area contributed by atoms with Crippen molar-refractivity contribution in [3.63, 3.8) is 0 Å². The Labute approximate surface area is 148 Å². The molecule has 0 fully saturated rings. The average molecular weight is 356 g/mol. The van der Waals surface area contributed by atoms with Crippen molar-refractivity contribution in [3.05, 3.63) is 78.6 Å². The largest absolute Gasteiger partial charge is 0.457 e. The Morgan fingerprint density at radius 3 is 2.35 bits per heavy atom. The molecule has 5 nitrogen and oxygen atoms in total. The van der Waals surface area contributed by atoms with Crippen LogP contribution in [0.1, 0.15) is 10.4 Å². The highest BCUT2D eigenvalue weighted by Crippen LogP contribution is 2.24. The van der Waals surface area contributed by atoms with Gasteiger partial charge in [-0.25, -0.2) is 0 Å². The summed E-state index contributed by atoms with van der Waals surface area (Å²) in [4.78, 5) is 16.2. The number of amides is 1. The van der Waals surface area contributed by atoms with E-state index in [1.165, 1.54) is 24.3 Å². The quantitative estimate of drug-likeness (QED) is 0.694. The molecule has 2 aromatic carbocycles. The van der Waals surface area contributed by atoms with E-state index in [1.807, 2.05) is 0 Å². The smallest absolute Gasteiger partial charge is 0.387 e. The molecule has 1 amide bonds. The Morgan fingerprint density at radius 2 is 1.65 bits per heavy atom. The normalized spacial score (nSPS) is 10.4. The minimum Gasteiger partial charge on any atom is -0.457 e. The molecule has 3 aromatic rings. The lowest BCUT2D eigenvalue weighted by Gasteiger charge is -2.09. The lowest BCUT2D eigenvalue weighted by molar-refractivity contribution is -0.0498.